The molecule has 0 atom stereocenters. The number of nitrogens with zero attached hydrogens (tertiary/aromatic N) is 2. The lowest BCUT2D eigenvalue weighted by molar-refractivity contribution is -0.116. The summed E-state index contributed by atoms with van der Waals surface area (Å²) in [6.07, 6.45) is 6.07. The van der Waals surface area contributed by atoms with Gasteiger partial charge in [-0.3, -0.25) is 14.1 Å². The van der Waals surface area contributed by atoms with Crippen LogP contribution in [0.5, 0.6) is 5.75 Å². The Morgan fingerprint density at radius 3 is 2.38 bits per heavy atom. The fraction of sp³-hybridized carbons (Fsp3) is 0.250. The maximum absolute atomic E-state index is 12.4. The van der Waals surface area contributed by atoms with Gasteiger partial charge in [0.2, 0.25) is 15.9 Å². The summed E-state index contributed by atoms with van der Waals surface area (Å²) >= 11 is 0. The van der Waals surface area contributed by atoms with Crippen molar-refractivity contribution in [3.05, 3.63) is 84.2 Å². The van der Waals surface area contributed by atoms with Gasteiger partial charge in [0.05, 0.1) is 19.1 Å². The molecule has 0 bridgehead atoms. The smallest absolute Gasteiger partial charge is 0.232 e. The Bertz CT molecular complexity index is 1130. The monoisotopic (exact) mass is 453 g/mol. The maximum atomic E-state index is 12.4. The predicted molar refractivity (Wildman–Crippen MR) is 127 cm³/mol. The number of rotatable bonds is 10. The highest BCUT2D eigenvalue weighted by atomic mass is 32.2. The minimum atomic E-state index is -3.49. The molecule has 1 heterocycles. The Hall–Kier alpha value is -3.39. The average Bonchev–Trinajstić information content (AvgIpc) is 2.78. The highest BCUT2D eigenvalue weighted by Crippen LogP contribution is 2.23. The van der Waals surface area contributed by atoms with Crippen molar-refractivity contribution >= 4 is 27.3 Å². The van der Waals surface area contributed by atoms with E-state index >= 15 is 0 Å². The molecule has 0 saturated heterocycles. The van der Waals surface area contributed by atoms with E-state index in [1.165, 1.54) is 17.0 Å². The number of carbonyl (C=O) groups is 1. The molecule has 3 aromatic rings. The Labute approximate surface area is 189 Å². The van der Waals surface area contributed by atoms with Crippen LogP contribution in [0, 0.1) is 0 Å². The molecule has 1 amide bonds. The van der Waals surface area contributed by atoms with Crippen LogP contribution in [0.3, 0.4) is 0 Å². The number of hydrogen-bond acceptors (Lipinski definition) is 5. The lowest BCUT2D eigenvalue weighted by Gasteiger charge is -2.22. The van der Waals surface area contributed by atoms with Crippen LogP contribution in [-0.4, -0.2) is 39.2 Å². The van der Waals surface area contributed by atoms with Crippen molar-refractivity contribution < 1.29 is 17.9 Å². The Morgan fingerprint density at radius 2 is 1.72 bits per heavy atom. The number of carbonyl (C=O) groups excluding carboxylic acids is 1. The van der Waals surface area contributed by atoms with Crippen molar-refractivity contribution in [1.29, 1.82) is 0 Å². The van der Waals surface area contributed by atoms with Crippen molar-refractivity contribution in [3.8, 4) is 5.75 Å². The standard InChI is InChI=1S/C24H27N3O4S/c1-31-23-6-3-5-22(18-23)27(32(2,29)30)16-4-7-24(28)26-21-10-8-19(9-11-21)17-20-12-14-25-15-13-20/h3,5-6,8-15,18H,4,7,16-17H2,1-2H3,(H,26,28). The number of aromatic nitrogens is 1. The fourth-order valence-corrected chi connectivity index (χ4v) is 4.26. The third-order valence-corrected chi connectivity index (χ3v) is 6.10. The van der Waals surface area contributed by atoms with E-state index in [0.29, 0.717) is 23.5 Å². The lowest BCUT2D eigenvalue weighted by Crippen LogP contribution is -2.31. The molecule has 0 spiro atoms. The average molecular weight is 454 g/mol. The van der Waals surface area contributed by atoms with Crippen molar-refractivity contribution in [2.45, 2.75) is 19.3 Å². The van der Waals surface area contributed by atoms with Crippen LogP contribution in [-0.2, 0) is 21.2 Å². The number of amides is 1. The van der Waals surface area contributed by atoms with Crippen molar-refractivity contribution in [3.63, 3.8) is 0 Å². The van der Waals surface area contributed by atoms with E-state index in [1.807, 2.05) is 36.4 Å². The van der Waals surface area contributed by atoms with Gasteiger partial charge < -0.3 is 10.1 Å². The first-order valence-corrected chi connectivity index (χ1v) is 12.1. The molecule has 3 rings (SSSR count). The molecule has 0 fully saturated rings. The van der Waals surface area contributed by atoms with Crippen molar-refractivity contribution in [1.82, 2.24) is 4.98 Å². The minimum Gasteiger partial charge on any atom is -0.497 e. The summed E-state index contributed by atoms with van der Waals surface area (Å²) in [5, 5.41) is 2.87. The summed E-state index contributed by atoms with van der Waals surface area (Å²) in [4.78, 5) is 16.4. The molecule has 1 aromatic heterocycles. The zero-order valence-electron chi connectivity index (χ0n) is 18.2. The van der Waals surface area contributed by atoms with E-state index in [4.69, 9.17) is 4.74 Å². The van der Waals surface area contributed by atoms with Gasteiger partial charge in [-0.2, -0.15) is 0 Å². The molecule has 0 aliphatic rings. The topological polar surface area (TPSA) is 88.6 Å². The van der Waals surface area contributed by atoms with Gasteiger partial charge in [-0.05, 0) is 60.4 Å². The van der Waals surface area contributed by atoms with Gasteiger partial charge in [-0.1, -0.05) is 18.2 Å². The number of benzene rings is 2. The van der Waals surface area contributed by atoms with E-state index in [-0.39, 0.29) is 18.9 Å². The second-order valence-corrected chi connectivity index (χ2v) is 9.32. The van der Waals surface area contributed by atoms with Gasteiger partial charge in [0.1, 0.15) is 5.75 Å². The van der Waals surface area contributed by atoms with E-state index in [1.54, 1.807) is 36.7 Å². The predicted octanol–water partition coefficient (Wildman–Crippen LogP) is 3.87. The van der Waals surface area contributed by atoms with Crippen LogP contribution in [0.1, 0.15) is 24.0 Å². The maximum Gasteiger partial charge on any atom is 0.232 e. The largest absolute Gasteiger partial charge is 0.497 e. The summed E-state index contributed by atoms with van der Waals surface area (Å²) < 4.78 is 31.0. The van der Waals surface area contributed by atoms with Gasteiger partial charge in [-0.25, -0.2) is 8.42 Å². The summed E-state index contributed by atoms with van der Waals surface area (Å²) in [6.45, 7) is 0.199. The Kier molecular flexibility index (Phi) is 7.83. The number of anilines is 2. The molecule has 0 aliphatic heterocycles. The Balaban J connectivity index is 1.53. The molecule has 8 heteroatoms. The van der Waals surface area contributed by atoms with Crippen LogP contribution in [0.2, 0.25) is 0 Å². The van der Waals surface area contributed by atoms with Gasteiger partial charge in [0, 0.05) is 37.1 Å². The molecule has 168 valence electrons. The molecule has 0 aliphatic carbocycles. The number of pyridine rings is 1. The molecule has 0 unspecified atom stereocenters. The number of hydrogen-bond donors (Lipinski definition) is 1. The van der Waals surface area contributed by atoms with E-state index in [9.17, 15) is 13.2 Å². The zero-order chi connectivity index (χ0) is 23.0. The molecule has 0 saturated carbocycles. The molecular weight excluding hydrogens is 426 g/mol. The van der Waals surface area contributed by atoms with Gasteiger partial charge in [0.25, 0.3) is 0 Å². The second-order valence-electron chi connectivity index (χ2n) is 7.42. The minimum absolute atomic E-state index is 0.161. The van der Waals surface area contributed by atoms with E-state index in [2.05, 4.69) is 10.3 Å². The van der Waals surface area contributed by atoms with Gasteiger partial charge >= 0.3 is 0 Å². The van der Waals surface area contributed by atoms with E-state index in [0.717, 1.165) is 18.2 Å². The summed E-state index contributed by atoms with van der Waals surface area (Å²) in [5.41, 5.74) is 3.53. The van der Waals surface area contributed by atoms with Crippen LogP contribution in [0.15, 0.2) is 73.1 Å². The first kappa shape index (κ1) is 23.3. The molecular formula is C24H27N3O4S. The number of sulfonamides is 1. The first-order valence-electron chi connectivity index (χ1n) is 10.2. The quantitative estimate of drug-likeness (QED) is 0.503. The summed E-state index contributed by atoms with van der Waals surface area (Å²) in [5.74, 6) is 0.409. The molecule has 0 radical (unpaired) electrons. The summed E-state index contributed by atoms with van der Waals surface area (Å²) in [6, 6.07) is 18.5. The summed E-state index contributed by atoms with van der Waals surface area (Å²) in [7, 11) is -1.96. The third kappa shape index (κ3) is 6.81. The fourth-order valence-electron chi connectivity index (χ4n) is 3.30. The molecule has 32 heavy (non-hydrogen) atoms. The lowest BCUT2D eigenvalue weighted by atomic mass is 10.1. The number of methoxy groups -OCH3 is 1. The zero-order valence-corrected chi connectivity index (χ0v) is 19.0. The van der Waals surface area contributed by atoms with Crippen LogP contribution >= 0.6 is 0 Å². The van der Waals surface area contributed by atoms with Gasteiger partial charge in [0.15, 0.2) is 0 Å². The van der Waals surface area contributed by atoms with E-state index < -0.39 is 10.0 Å². The normalized spacial score (nSPS) is 11.1. The first-order chi connectivity index (χ1) is 15.3. The number of ether oxygens (including phenoxy) is 1. The van der Waals surface area contributed by atoms with Crippen LogP contribution in [0.4, 0.5) is 11.4 Å². The SMILES string of the molecule is COc1cccc(N(CCCC(=O)Nc2ccc(Cc3ccncc3)cc2)S(C)(=O)=O)c1. The molecule has 2 aromatic carbocycles. The highest BCUT2D eigenvalue weighted by Gasteiger charge is 2.18. The van der Waals surface area contributed by atoms with Crippen LogP contribution in [0.25, 0.3) is 0 Å². The second kappa shape index (κ2) is 10.8. The van der Waals surface area contributed by atoms with Crippen molar-refractivity contribution in [2.24, 2.45) is 0 Å². The van der Waals surface area contributed by atoms with Gasteiger partial charge in [-0.15, -0.1) is 0 Å². The van der Waals surface area contributed by atoms with Crippen LogP contribution < -0.4 is 14.4 Å². The van der Waals surface area contributed by atoms with Crippen molar-refractivity contribution in [2.75, 3.05) is 29.5 Å². The molecule has 1 N–H and O–H groups in total. The molecule has 7 nitrogen and oxygen atoms in total. The highest BCUT2D eigenvalue weighted by molar-refractivity contribution is 7.92. The number of nitrogens with one attached hydrogen (secondary N) is 1. The Morgan fingerprint density at radius 1 is 1.03 bits per heavy atom. The third-order valence-electron chi connectivity index (χ3n) is 4.90.